The van der Waals surface area contributed by atoms with Crippen LogP contribution in [0.2, 0.25) is 0 Å². The van der Waals surface area contributed by atoms with Crippen molar-refractivity contribution < 1.29 is 18.1 Å². The zero-order valence-corrected chi connectivity index (χ0v) is 17.6. The minimum absolute atomic E-state index is 0.0434. The molecule has 29 heavy (non-hydrogen) atoms. The van der Waals surface area contributed by atoms with Crippen LogP contribution >= 0.6 is 0 Å². The summed E-state index contributed by atoms with van der Waals surface area (Å²) < 4.78 is 28.9. The first kappa shape index (κ1) is 21.1. The van der Waals surface area contributed by atoms with Gasteiger partial charge < -0.3 is 9.64 Å². The molecule has 9 heteroatoms. The minimum Gasteiger partial charge on any atom is -0.496 e. The smallest absolute Gasteiger partial charge is 0.293 e. The molecule has 3 rings (SSSR count). The van der Waals surface area contributed by atoms with Gasteiger partial charge in [0.25, 0.3) is 5.69 Å². The molecule has 1 aliphatic rings. The summed E-state index contributed by atoms with van der Waals surface area (Å²) in [6, 6.07) is 10.2. The van der Waals surface area contributed by atoms with E-state index < -0.39 is 14.8 Å². The zero-order chi connectivity index (χ0) is 21.2. The molecule has 0 amide bonds. The SMILES string of the molecule is COc1ccc(C)cc1CN1CCN(c2ccc(S(C)(=O)=O)cc2[N+](=O)[O-])CC1. The van der Waals surface area contributed by atoms with E-state index in [-0.39, 0.29) is 10.6 Å². The second kappa shape index (κ2) is 8.38. The Morgan fingerprint density at radius 3 is 2.38 bits per heavy atom. The van der Waals surface area contributed by atoms with Gasteiger partial charge in [-0.2, -0.15) is 0 Å². The first-order chi connectivity index (χ1) is 13.7. The molecule has 1 heterocycles. The minimum atomic E-state index is -3.50. The summed E-state index contributed by atoms with van der Waals surface area (Å²) >= 11 is 0. The fourth-order valence-corrected chi connectivity index (χ4v) is 4.21. The molecular formula is C20H25N3O5S. The summed E-state index contributed by atoms with van der Waals surface area (Å²) in [7, 11) is -1.84. The number of hydrogen-bond acceptors (Lipinski definition) is 7. The number of rotatable bonds is 6. The van der Waals surface area contributed by atoms with Gasteiger partial charge in [-0.05, 0) is 25.1 Å². The van der Waals surface area contributed by atoms with E-state index >= 15 is 0 Å². The van der Waals surface area contributed by atoms with E-state index in [1.54, 1.807) is 7.11 Å². The Bertz CT molecular complexity index is 1010. The van der Waals surface area contributed by atoms with E-state index in [9.17, 15) is 18.5 Å². The van der Waals surface area contributed by atoms with Crippen molar-refractivity contribution in [2.75, 3.05) is 44.4 Å². The van der Waals surface area contributed by atoms with Crippen LogP contribution < -0.4 is 9.64 Å². The molecule has 0 atom stereocenters. The number of ether oxygens (including phenoxy) is 1. The van der Waals surface area contributed by atoms with Crippen molar-refractivity contribution >= 4 is 21.2 Å². The van der Waals surface area contributed by atoms with Gasteiger partial charge in [0.1, 0.15) is 11.4 Å². The van der Waals surface area contributed by atoms with E-state index in [0.717, 1.165) is 43.3 Å². The molecule has 2 aromatic rings. The van der Waals surface area contributed by atoms with Crippen LogP contribution in [-0.4, -0.2) is 57.8 Å². The van der Waals surface area contributed by atoms with Gasteiger partial charge in [0.05, 0.1) is 16.9 Å². The fraction of sp³-hybridized carbons (Fsp3) is 0.400. The number of methoxy groups -OCH3 is 1. The van der Waals surface area contributed by atoms with Gasteiger partial charge in [0, 0.05) is 50.6 Å². The molecule has 0 N–H and O–H groups in total. The van der Waals surface area contributed by atoms with E-state index in [1.807, 2.05) is 24.0 Å². The molecule has 0 saturated carbocycles. The largest absolute Gasteiger partial charge is 0.496 e. The summed E-state index contributed by atoms with van der Waals surface area (Å²) in [6.07, 6.45) is 1.05. The van der Waals surface area contributed by atoms with E-state index in [1.165, 1.54) is 17.7 Å². The number of benzene rings is 2. The van der Waals surface area contributed by atoms with Crippen molar-refractivity contribution in [2.45, 2.75) is 18.4 Å². The molecule has 0 spiro atoms. The predicted octanol–water partition coefficient (Wildman–Crippen LogP) is 2.64. The lowest BCUT2D eigenvalue weighted by Gasteiger charge is -2.36. The second-order valence-corrected chi connectivity index (χ2v) is 9.27. The van der Waals surface area contributed by atoms with Crippen molar-refractivity contribution in [3.63, 3.8) is 0 Å². The molecule has 0 radical (unpaired) electrons. The highest BCUT2D eigenvalue weighted by Gasteiger charge is 2.26. The van der Waals surface area contributed by atoms with Crippen LogP contribution in [0, 0.1) is 17.0 Å². The number of nitrogens with zero attached hydrogens (tertiary/aromatic N) is 3. The first-order valence-electron chi connectivity index (χ1n) is 9.28. The van der Waals surface area contributed by atoms with Crippen LogP contribution in [0.3, 0.4) is 0 Å². The van der Waals surface area contributed by atoms with E-state index in [4.69, 9.17) is 4.74 Å². The first-order valence-corrected chi connectivity index (χ1v) is 11.2. The number of nitro benzene ring substituents is 1. The van der Waals surface area contributed by atoms with Crippen LogP contribution in [0.4, 0.5) is 11.4 Å². The van der Waals surface area contributed by atoms with Crippen molar-refractivity contribution in [1.29, 1.82) is 0 Å². The summed E-state index contributed by atoms with van der Waals surface area (Å²) in [5, 5.41) is 11.5. The van der Waals surface area contributed by atoms with Gasteiger partial charge in [-0.25, -0.2) is 8.42 Å². The van der Waals surface area contributed by atoms with Gasteiger partial charge in [0.2, 0.25) is 0 Å². The molecular weight excluding hydrogens is 394 g/mol. The Balaban J connectivity index is 1.74. The van der Waals surface area contributed by atoms with Gasteiger partial charge in [0.15, 0.2) is 9.84 Å². The number of anilines is 1. The summed E-state index contributed by atoms with van der Waals surface area (Å²) in [6.45, 7) is 5.50. The van der Waals surface area contributed by atoms with Gasteiger partial charge in [-0.15, -0.1) is 0 Å². The van der Waals surface area contributed by atoms with Gasteiger partial charge in [-0.3, -0.25) is 15.0 Å². The van der Waals surface area contributed by atoms with Crippen LogP contribution in [0.1, 0.15) is 11.1 Å². The van der Waals surface area contributed by atoms with Crippen LogP contribution in [0.15, 0.2) is 41.3 Å². The third kappa shape index (κ3) is 4.86. The average molecular weight is 420 g/mol. The van der Waals surface area contributed by atoms with Crippen molar-refractivity contribution in [1.82, 2.24) is 4.90 Å². The fourth-order valence-electron chi connectivity index (χ4n) is 3.57. The Kier molecular flexibility index (Phi) is 6.09. The molecule has 0 unspecified atom stereocenters. The molecule has 156 valence electrons. The average Bonchev–Trinajstić information content (AvgIpc) is 2.67. The topological polar surface area (TPSA) is 93.0 Å². The van der Waals surface area contributed by atoms with E-state index in [2.05, 4.69) is 11.0 Å². The summed E-state index contributed by atoms with van der Waals surface area (Å²) in [5.74, 6) is 0.852. The lowest BCUT2D eigenvalue weighted by atomic mass is 10.1. The molecule has 1 aliphatic heterocycles. The lowest BCUT2D eigenvalue weighted by molar-refractivity contribution is -0.384. The zero-order valence-electron chi connectivity index (χ0n) is 16.8. The summed E-state index contributed by atoms with van der Waals surface area (Å²) in [4.78, 5) is 15.2. The maximum atomic E-state index is 11.7. The van der Waals surface area contributed by atoms with Gasteiger partial charge >= 0.3 is 0 Å². The van der Waals surface area contributed by atoms with Crippen molar-refractivity contribution in [2.24, 2.45) is 0 Å². The van der Waals surface area contributed by atoms with Crippen LogP contribution in [0.25, 0.3) is 0 Å². The third-order valence-electron chi connectivity index (χ3n) is 5.11. The van der Waals surface area contributed by atoms with Crippen molar-refractivity contribution in [3.8, 4) is 5.75 Å². The van der Waals surface area contributed by atoms with Gasteiger partial charge in [-0.1, -0.05) is 17.7 Å². The lowest BCUT2D eigenvalue weighted by Crippen LogP contribution is -2.46. The molecule has 1 fully saturated rings. The Labute approximate surface area is 170 Å². The maximum Gasteiger partial charge on any atom is 0.293 e. The highest BCUT2D eigenvalue weighted by molar-refractivity contribution is 7.90. The van der Waals surface area contributed by atoms with Crippen molar-refractivity contribution in [3.05, 3.63) is 57.6 Å². The number of piperazine rings is 1. The predicted molar refractivity (Wildman–Crippen MR) is 111 cm³/mol. The Morgan fingerprint density at radius 2 is 1.79 bits per heavy atom. The molecule has 0 bridgehead atoms. The Morgan fingerprint density at radius 1 is 1.10 bits per heavy atom. The molecule has 0 aromatic heterocycles. The van der Waals surface area contributed by atoms with Crippen LogP contribution in [-0.2, 0) is 16.4 Å². The van der Waals surface area contributed by atoms with Crippen LogP contribution in [0.5, 0.6) is 5.75 Å². The molecule has 8 nitrogen and oxygen atoms in total. The van der Waals surface area contributed by atoms with E-state index in [0.29, 0.717) is 18.8 Å². The second-order valence-electron chi connectivity index (χ2n) is 7.26. The molecule has 0 aliphatic carbocycles. The molecule has 1 saturated heterocycles. The Hall–Kier alpha value is -2.65. The number of aryl methyl sites for hydroxylation is 1. The standard InChI is InChI=1S/C20H25N3O5S/c1-15-4-7-20(28-2)16(12-15)14-21-8-10-22(11-9-21)18-6-5-17(29(3,26)27)13-19(18)23(24)25/h4-7,12-13H,8-11,14H2,1-3H3. The number of nitro groups is 1. The summed E-state index contributed by atoms with van der Waals surface area (Å²) in [5.41, 5.74) is 2.56. The number of hydrogen-bond donors (Lipinski definition) is 0. The molecule has 2 aromatic carbocycles. The monoisotopic (exact) mass is 419 g/mol. The third-order valence-corrected chi connectivity index (χ3v) is 6.22. The quantitative estimate of drug-likeness (QED) is 0.525. The normalized spacial score (nSPS) is 15.3. The number of sulfone groups is 1. The maximum absolute atomic E-state index is 11.7. The highest BCUT2D eigenvalue weighted by atomic mass is 32.2. The highest BCUT2D eigenvalue weighted by Crippen LogP contribution is 2.32.